The summed E-state index contributed by atoms with van der Waals surface area (Å²) in [6, 6.07) is 13.3. The van der Waals surface area contributed by atoms with Crippen LogP contribution < -0.4 is 20.7 Å². The fourth-order valence-electron chi connectivity index (χ4n) is 2.52. The van der Waals surface area contributed by atoms with Crippen LogP contribution in [0.1, 0.15) is 5.56 Å². The van der Waals surface area contributed by atoms with Crippen LogP contribution in [0.3, 0.4) is 0 Å². The van der Waals surface area contributed by atoms with Crippen molar-refractivity contribution >= 4 is 0 Å². The van der Waals surface area contributed by atoms with Gasteiger partial charge in [-0.25, -0.2) is 9.36 Å². The van der Waals surface area contributed by atoms with Crippen LogP contribution in [-0.4, -0.2) is 27.8 Å². The fraction of sp³-hybridized carbons (Fsp3) is 0.167. The Balaban J connectivity index is 2.06. The summed E-state index contributed by atoms with van der Waals surface area (Å²) in [6.07, 6.45) is -4.85. The van der Waals surface area contributed by atoms with Gasteiger partial charge in [0.05, 0.1) is 19.3 Å². The van der Waals surface area contributed by atoms with E-state index in [0.717, 1.165) is 21.4 Å². The van der Waals surface area contributed by atoms with Gasteiger partial charge in [0.25, 0.3) is 5.88 Å². The van der Waals surface area contributed by atoms with Gasteiger partial charge in [-0.2, -0.15) is 4.68 Å². The lowest BCUT2D eigenvalue weighted by Gasteiger charge is -2.13. The molecule has 0 saturated heterocycles. The number of halogens is 3. The van der Waals surface area contributed by atoms with Crippen molar-refractivity contribution in [3.05, 3.63) is 81.0 Å². The van der Waals surface area contributed by atoms with Crippen LogP contribution >= 0.6 is 0 Å². The minimum absolute atomic E-state index is 0.258. The molecule has 146 valence electrons. The van der Waals surface area contributed by atoms with Gasteiger partial charge in [0, 0.05) is 0 Å². The minimum Gasteiger partial charge on any atom is -0.476 e. The van der Waals surface area contributed by atoms with Crippen molar-refractivity contribution in [2.24, 2.45) is 0 Å². The van der Waals surface area contributed by atoms with Crippen LogP contribution in [0.15, 0.2) is 64.2 Å². The molecule has 0 fully saturated rings. The average Bonchev–Trinajstić information content (AvgIpc) is 2.65. The van der Waals surface area contributed by atoms with E-state index >= 15 is 0 Å². The number of aromatic nitrogens is 3. The van der Waals surface area contributed by atoms with Crippen molar-refractivity contribution in [1.29, 1.82) is 0 Å². The first kappa shape index (κ1) is 19.2. The summed E-state index contributed by atoms with van der Waals surface area (Å²) in [7, 11) is 1.23. The lowest BCUT2D eigenvalue weighted by molar-refractivity contribution is -0.274. The number of rotatable bonds is 5. The van der Waals surface area contributed by atoms with Crippen molar-refractivity contribution in [1.82, 2.24) is 14.3 Å². The highest BCUT2D eigenvalue weighted by Gasteiger charge is 2.31. The fourth-order valence-corrected chi connectivity index (χ4v) is 2.52. The Morgan fingerprint density at radius 3 is 2.39 bits per heavy atom. The summed E-state index contributed by atoms with van der Waals surface area (Å²) in [6.45, 7) is -0.293. The number of alkyl halides is 3. The quantitative estimate of drug-likeness (QED) is 0.665. The number of hydrogen-bond acceptors (Lipinski definition) is 5. The van der Waals surface area contributed by atoms with Gasteiger partial charge >= 0.3 is 17.6 Å². The van der Waals surface area contributed by atoms with Gasteiger partial charge in [0.15, 0.2) is 0 Å². The van der Waals surface area contributed by atoms with Gasteiger partial charge < -0.3 is 9.47 Å². The van der Waals surface area contributed by atoms with Crippen molar-refractivity contribution in [3.63, 3.8) is 0 Å². The zero-order valence-corrected chi connectivity index (χ0v) is 14.5. The van der Waals surface area contributed by atoms with Crippen LogP contribution in [0.25, 0.3) is 5.69 Å². The first-order chi connectivity index (χ1) is 13.3. The molecule has 3 aromatic rings. The number of ether oxygens (including phenoxy) is 2. The predicted octanol–water partition coefficient (Wildman–Crippen LogP) is 2.35. The monoisotopic (exact) mass is 393 g/mol. The van der Waals surface area contributed by atoms with Crippen molar-refractivity contribution < 1.29 is 22.6 Å². The van der Waals surface area contributed by atoms with E-state index in [1.54, 1.807) is 30.3 Å². The number of benzene rings is 2. The van der Waals surface area contributed by atoms with E-state index in [2.05, 4.69) is 9.84 Å². The van der Waals surface area contributed by atoms with Crippen molar-refractivity contribution in [2.75, 3.05) is 7.11 Å². The second kappa shape index (κ2) is 7.59. The minimum atomic E-state index is -4.85. The molecule has 0 bridgehead atoms. The van der Waals surface area contributed by atoms with Crippen LogP contribution in [0.4, 0.5) is 13.2 Å². The van der Waals surface area contributed by atoms with Gasteiger partial charge in [0.1, 0.15) is 5.75 Å². The summed E-state index contributed by atoms with van der Waals surface area (Å²) >= 11 is 0. The topological polar surface area (TPSA) is 75.3 Å². The molecule has 1 aromatic heterocycles. The highest BCUT2D eigenvalue weighted by Crippen LogP contribution is 2.23. The summed E-state index contributed by atoms with van der Waals surface area (Å²) in [5.74, 6) is -0.784. The van der Waals surface area contributed by atoms with Crippen LogP contribution in [0.5, 0.6) is 11.6 Å². The molecule has 28 heavy (non-hydrogen) atoms. The molecule has 7 nitrogen and oxygen atoms in total. The summed E-state index contributed by atoms with van der Waals surface area (Å²) < 4.78 is 47.9. The maximum atomic E-state index is 12.8. The maximum Gasteiger partial charge on any atom is 0.573 e. The number of para-hydroxylation sites is 1. The Bertz CT molecular complexity index is 1090. The summed E-state index contributed by atoms with van der Waals surface area (Å²) in [4.78, 5) is 25.2. The zero-order valence-electron chi connectivity index (χ0n) is 14.5. The molecule has 0 saturated carbocycles. The normalized spacial score (nSPS) is 11.3. The second-order valence-corrected chi connectivity index (χ2v) is 5.63. The van der Waals surface area contributed by atoms with E-state index < -0.39 is 23.4 Å². The van der Waals surface area contributed by atoms with Gasteiger partial charge in [-0.3, -0.25) is 4.79 Å². The molecule has 0 spiro atoms. The molecule has 10 heteroatoms. The van der Waals surface area contributed by atoms with Crippen molar-refractivity contribution in [2.45, 2.75) is 12.9 Å². The van der Waals surface area contributed by atoms with Crippen LogP contribution in [-0.2, 0) is 6.54 Å². The summed E-state index contributed by atoms with van der Waals surface area (Å²) in [5, 5.41) is 3.90. The molecule has 0 aliphatic heterocycles. The highest BCUT2D eigenvalue weighted by atomic mass is 19.4. The summed E-state index contributed by atoms with van der Waals surface area (Å²) in [5.41, 5.74) is -0.913. The second-order valence-electron chi connectivity index (χ2n) is 5.63. The Morgan fingerprint density at radius 1 is 1.04 bits per heavy atom. The van der Waals surface area contributed by atoms with E-state index in [1.165, 1.54) is 19.2 Å². The molecular formula is C18H14F3N3O4. The van der Waals surface area contributed by atoms with Crippen LogP contribution in [0.2, 0.25) is 0 Å². The third-order valence-electron chi connectivity index (χ3n) is 3.70. The van der Waals surface area contributed by atoms with E-state index in [9.17, 15) is 22.8 Å². The number of methoxy groups -OCH3 is 1. The lowest BCUT2D eigenvalue weighted by Crippen LogP contribution is -2.41. The smallest absolute Gasteiger partial charge is 0.476 e. The molecule has 1 heterocycles. The Kier molecular flexibility index (Phi) is 5.21. The van der Waals surface area contributed by atoms with Gasteiger partial charge in [-0.05, 0) is 29.8 Å². The highest BCUT2D eigenvalue weighted by molar-refractivity contribution is 5.31. The Morgan fingerprint density at radius 2 is 1.75 bits per heavy atom. The van der Waals surface area contributed by atoms with Gasteiger partial charge in [-0.1, -0.05) is 30.3 Å². The first-order valence-electron chi connectivity index (χ1n) is 7.97. The van der Waals surface area contributed by atoms with E-state index in [4.69, 9.17) is 4.74 Å². The van der Waals surface area contributed by atoms with E-state index in [-0.39, 0.29) is 18.0 Å². The number of hydrogen-bond donors (Lipinski definition) is 0. The lowest BCUT2D eigenvalue weighted by atomic mass is 10.2. The maximum absolute atomic E-state index is 12.8. The predicted molar refractivity (Wildman–Crippen MR) is 92.9 cm³/mol. The molecule has 0 radical (unpaired) electrons. The molecule has 0 aliphatic carbocycles. The third kappa shape index (κ3) is 4.22. The van der Waals surface area contributed by atoms with Gasteiger partial charge in [-0.15, -0.1) is 18.3 Å². The molecule has 0 N–H and O–H groups in total. The first-order valence-corrected chi connectivity index (χ1v) is 7.97. The van der Waals surface area contributed by atoms with Crippen LogP contribution in [0, 0.1) is 0 Å². The molecule has 0 aliphatic rings. The molecule has 0 atom stereocenters. The van der Waals surface area contributed by atoms with E-state index in [1.807, 2.05) is 0 Å². The largest absolute Gasteiger partial charge is 0.573 e. The molecule has 3 rings (SSSR count). The molecule has 0 amide bonds. The molecule has 0 unspecified atom stereocenters. The third-order valence-corrected chi connectivity index (χ3v) is 3.70. The molecule has 2 aromatic carbocycles. The zero-order chi connectivity index (χ0) is 20.3. The average molecular weight is 393 g/mol. The molecular weight excluding hydrogens is 379 g/mol. The van der Waals surface area contributed by atoms with E-state index in [0.29, 0.717) is 5.69 Å². The standard InChI is InChI=1S/C18H14F3N3O4/c1-27-15-16(25)23(17(26)24(22-15)13-7-3-2-4-8-13)11-12-6-5-9-14(10-12)28-18(19,20)21/h2-10H,11H2,1H3. The Labute approximate surface area is 156 Å². The SMILES string of the molecule is COc1nn(-c2ccccc2)c(=O)n(Cc2cccc(OC(F)(F)F)c2)c1=O. The van der Waals surface area contributed by atoms with Gasteiger partial charge in [0.2, 0.25) is 0 Å². The Hall–Kier alpha value is -3.56. The number of nitrogens with zero attached hydrogens (tertiary/aromatic N) is 3. The van der Waals surface area contributed by atoms with Crippen molar-refractivity contribution in [3.8, 4) is 17.3 Å².